The summed E-state index contributed by atoms with van der Waals surface area (Å²) >= 11 is 0. The fourth-order valence-corrected chi connectivity index (χ4v) is 1.52. The third-order valence-electron chi connectivity index (χ3n) is 2.46. The van der Waals surface area contributed by atoms with E-state index in [-0.39, 0.29) is 12.1 Å². The minimum absolute atomic E-state index is 0.137. The van der Waals surface area contributed by atoms with Gasteiger partial charge in [-0.3, -0.25) is 4.79 Å². The molecule has 0 aromatic heterocycles. The second-order valence-electron chi connectivity index (χ2n) is 3.42. The molecule has 0 fully saturated rings. The van der Waals surface area contributed by atoms with Crippen molar-refractivity contribution in [3.05, 3.63) is 25.3 Å². The van der Waals surface area contributed by atoms with Gasteiger partial charge in [-0.15, -0.1) is 13.2 Å². The van der Waals surface area contributed by atoms with Gasteiger partial charge in [-0.25, -0.2) is 0 Å². The quantitative estimate of drug-likeness (QED) is 0.506. The van der Waals surface area contributed by atoms with E-state index >= 15 is 0 Å². The highest BCUT2D eigenvalue weighted by Crippen LogP contribution is 2.33. The van der Waals surface area contributed by atoms with Crippen LogP contribution in [0.2, 0.25) is 0 Å². The van der Waals surface area contributed by atoms with Gasteiger partial charge in [0.05, 0.1) is 12.0 Å². The minimum atomic E-state index is -0.445. The average Bonchev–Trinajstić information content (AvgIpc) is 2.30. The normalized spacial score (nSPS) is 9.29. The molecule has 0 radical (unpaired) electrons. The average molecular weight is 240 g/mol. The van der Waals surface area contributed by atoms with E-state index < -0.39 is 5.41 Å². The van der Waals surface area contributed by atoms with Gasteiger partial charge in [0, 0.05) is 0 Å². The second kappa shape index (κ2) is 10.8. The number of ether oxygens (including phenoxy) is 1. The van der Waals surface area contributed by atoms with Crippen molar-refractivity contribution in [3.8, 4) is 0 Å². The van der Waals surface area contributed by atoms with Gasteiger partial charge in [0.2, 0.25) is 0 Å². The van der Waals surface area contributed by atoms with Crippen molar-refractivity contribution < 1.29 is 19.1 Å². The fourth-order valence-electron chi connectivity index (χ4n) is 1.52. The van der Waals surface area contributed by atoms with E-state index in [0.29, 0.717) is 19.4 Å². The first-order valence-corrected chi connectivity index (χ1v) is 5.46. The van der Waals surface area contributed by atoms with Gasteiger partial charge in [-0.05, 0) is 26.2 Å². The summed E-state index contributed by atoms with van der Waals surface area (Å²) in [6.45, 7) is 11.6. The van der Waals surface area contributed by atoms with Gasteiger partial charge >= 0.3 is 12.1 Å². The molecule has 4 heteroatoms. The van der Waals surface area contributed by atoms with Crippen LogP contribution in [0.25, 0.3) is 0 Å². The molecule has 0 aromatic rings. The number of rotatable bonds is 7. The lowest BCUT2D eigenvalue weighted by Gasteiger charge is -2.27. The van der Waals surface area contributed by atoms with Crippen LogP contribution in [0.5, 0.6) is 0 Å². The van der Waals surface area contributed by atoms with Gasteiger partial charge in [-0.1, -0.05) is 19.1 Å². The Morgan fingerprint density at radius 1 is 1.24 bits per heavy atom. The van der Waals surface area contributed by atoms with Crippen molar-refractivity contribution in [1.29, 1.82) is 0 Å². The first kappa shape index (κ1) is 17.7. The van der Waals surface area contributed by atoms with Crippen molar-refractivity contribution in [2.75, 3.05) is 6.61 Å². The highest BCUT2D eigenvalue weighted by atomic mass is 16.5. The maximum absolute atomic E-state index is 11.8. The molecule has 0 aliphatic carbocycles. The van der Waals surface area contributed by atoms with Crippen LogP contribution < -0.4 is 0 Å². The second-order valence-corrected chi connectivity index (χ2v) is 3.42. The molecule has 96 valence electrons. The van der Waals surface area contributed by atoms with E-state index in [1.807, 2.05) is 13.8 Å². The van der Waals surface area contributed by atoms with Crippen LogP contribution in [0.4, 0.5) is 0 Å². The molecule has 0 aliphatic rings. The lowest BCUT2D eigenvalue weighted by Crippen LogP contribution is -2.31. The highest BCUT2D eigenvalue weighted by Gasteiger charge is 2.35. The minimum Gasteiger partial charge on any atom is -0.466 e. The number of carbonyl (C=O) groups is 1. The molecule has 0 atom stereocenters. The molecule has 0 spiro atoms. The van der Waals surface area contributed by atoms with Crippen LogP contribution in [0.15, 0.2) is 25.3 Å². The van der Waals surface area contributed by atoms with E-state index in [0.717, 1.165) is 6.42 Å². The Morgan fingerprint density at radius 2 is 1.65 bits per heavy atom. The van der Waals surface area contributed by atoms with E-state index in [2.05, 4.69) is 13.2 Å². The molecule has 0 rings (SSSR count). The molecule has 0 amide bonds. The van der Waals surface area contributed by atoms with Crippen molar-refractivity contribution in [2.45, 2.75) is 33.1 Å². The monoisotopic (exact) mass is 240 g/mol. The standard InChI is InChI=1S/C12H20O2.CO2/c1-5-9-12(7-3,10-6-2)11(13)14-8-4;2-1-3/h5-6H,1-2,7-10H2,3-4H3;. The van der Waals surface area contributed by atoms with E-state index in [1.54, 1.807) is 12.2 Å². The number of hydrogen-bond donors (Lipinski definition) is 0. The van der Waals surface area contributed by atoms with Gasteiger partial charge in [0.1, 0.15) is 0 Å². The van der Waals surface area contributed by atoms with Gasteiger partial charge in [0.15, 0.2) is 0 Å². The van der Waals surface area contributed by atoms with Gasteiger partial charge in [0.25, 0.3) is 0 Å². The Hall–Kier alpha value is -1.67. The lowest BCUT2D eigenvalue weighted by molar-refractivity contribution is -0.191. The summed E-state index contributed by atoms with van der Waals surface area (Å²) in [5.74, 6) is -0.137. The zero-order valence-electron chi connectivity index (χ0n) is 10.5. The summed E-state index contributed by atoms with van der Waals surface area (Å²) in [5, 5.41) is 0. The van der Waals surface area contributed by atoms with Gasteiger partial charge in [-0.2, -0.15) is 9.59 Å². The molecule has 4 nitrogen and oxygen atoms in total. The molecule has 0 aromatic carbocycles. The Balaban J connectivity index is 0. The van der Waals surface area contributed by atoms with E-state index in [9.17, 15) is 4.79 Å². The molecule has 0 saturated heterocycles. The van der Waals surface area contributed by atoms with Crippen LogP contribution >= 0.6 is 0 Å². The molecule has 0 aliphatic heterocycles. The van der Waals surface area contributed by atoms with E-state index in [4.69, 9.17) is 14.3 Å². The summed E-state index contributed by atoms with van der Waals surface area (Å²) in [6.07, 6.45) is 5.83. The van der Waals surface area contributed by atoms with Gasteiger partial charge < -0.3 is 4.74 Å². The Morgan fingerprint density at radius 3 is 1.88 bits per heavy atom. The predicted octanol–water partition coefficient (Wildman–Crippen LogP) is 2.51. The predicted molar refractivity (Wildman–Crippen MR) is 64.0 cm³/mol. The zero-order chi connectivity index (χ0) is 13.7. The largest absolute Gasteiger partial charge is 0.466 e. The first-order valence-electron chi connectivity index (χ1n) is 5.46. The number of hydrogen-bond acceptors (Lipinski definition) is 4. The third-order valence-corrected chi connectivity index (χ3v) is 2.46. The Labute approximate surface area is 102 Å². The highest BCUT2D eigenvalue weighted by molar-refractivity contribution is 5.77. The smallest absolute Gasteiger partial charge is 0.373 e. The summed E-state index contributed by atoms with van der Waals surface area (Å²) in [4.78, 5) is 28.0. The molecule has 0 heterocycles. The van der Waals surface area contributed by atoms with Crippen LogP contribution in [-0.4, -0.2) is 18.7 Å². The summed E-state index contributed by atoms with van der Waals surface area (Å²) in [6, 6.07) is 0. The Kier molecular flexibility index (Phi) is 11.3. The molecular weight excluding hydrogens is 220 g/mol. The van der Waals surface area contributed by atoms with Crippen LogP contribution in [0.1, 0.15) is 33.1 Å². The first-order chi connectivity index (χ1) is 8.08. The SMILES string of the molecule is C=CCC(CC)(CC=C)C(=O)OCC.O=C=O. The fraction of sp³-hybridized carbons (Fsp3) is 0.538. The number of allylic oxidation sites excluding steroid dienone is 2. The molecule has 0 N–H and O–H groups in total. The molecule has 17 heavy (non-hydrogen) atoms. The molecule has 0 saturated carbocycles. The number of esters is 1. The van der Waals surface area contributed by atoms with E-state index in [1.165, 1.54) is 0 Å². The maximum Gasteiger partial charge on any atom is 0.373 e. The van der Waals surface area contributed by atoms with Crippen molar-refractivity contribution >= 4 is 12.1 Å². The lowest BCUT2D eigenvalue weighted by atomic mass is 9.79. The molecule has 0 unspecified atom stereocenters. The topological polar surface area (TPSA) is 60.4 Å². The number of carbonyl (C=O) groups excluding carboxylic acids is 3. The summed E-state index contributed by atoms with van der Waals surface area (Å²) in [7, 11) is 0. The third kappa shape index (κ3) is 6.48. The van der Waals surface area contributed by atoms with Crippen molar-refractivity contribution in [1.82, 2.24) is 0 Å². The molecule has 0 bridgehead atoms. The van der Waals surface area contributed by atoms with Crippen LogP contribution in [0.3, 0.4) is 0 Å². The Bertz CT molecular complexity index is 265. The summed E-state index contributed by atoms with van der Waals surface area (Å²) < 4.78 is 5.07. The van der Waals surface area contributed by atoms with Crippen LogP contribution in [-0.2, 0) is 19.1 Å². The molecular formula is C13H20O4. The van der Waals surface area contributed by atoms with Crippen LogP contribution in [0, 0.1) is 5.41 Å². The summed E-state index contributed by atoms with van der Waals surface area (Å²) in [5.41, 5.74) is -0.445. The maximum atomic E-state index is 11.8. The van der Waals surface area contributed by atoms with Crippen molar-refractivity contribution in [2.24, 2.45) is 5.41 Å². The van der Waals surface area contributed by atoms with Crippen molar-refractivity contribution in [3.63, 3.8) is 0 Å². The zero-order valence-corrected chi connectivity index (χ0v) is 10.5.